The Morgan fingerprint density at radius 2 is 1.90 bits per heavy atom. The first-order valence-electron chi connectivity index (χ1n) is 6.88. The van der Waals surface area contributed by atoms with Gasteiger partial charge in [0.1, 0.15) is 5.75 Å². The molecule has 1 N–H and O–H groups in total. The van der Waals surface area contributed by atoms with E-state index in [2.05, 4.69) is 51.6 Å². The lowest BCUT2D eigenvalue weighted by Gasteiger charge is -2.20. The Kier molecular flexibility index (Phi) is 5.62. The summed E-state index contributed by atoms with van der Waals surface area (Å²) in [4.78, 5) is 0. The van der Waals surface area contributed by atoms with Crippen LogP contribution in [0.3, 0.4) is 0 Å². The molecule has 1 atom stereocenters. The highest BCUT2D eigenvalue weighted by molar-refractivity contribution is 9.10. The van der Waals surface area contributed by atoms with Gasteiger partial charge in [-0.05, 0) is 44.2 Å². The van der Waals surface area contributed by atoms with Crippen LogP contribution in [0.1, 0.15) is 24.1 Å². The van der Waals surface area contributed by atoms with Crippen molar-refractivity contribution in [2.24, 2.45) is 0 Å². The molecular weight excluding hydrogens is 314 g/mol. The monoisotopic (exact) mass is 333 g/mol. The predicted octanol–water partition coefficient (Wildman–Crippen LogP) is 4.35. The van der Waals surface area contributed by atoms with Crippen LogP contribution < -0.4 is 10.1 Å². The second kappa shape index (κ2) is 7.46. The zero-order valence-corrected chi connectivity index (χ0v) is 13.5. The Bertz CT molecular complexity index is 542. The van der Waals surface area contributed by atoms with Gasteiger partial charge in [-0.1, -0.05) is 46.3 Å². The van der Waals surface area contributed by atoms with Crippen LogP contribution in [0.15, 0.2) is 53.0 Å². The molecule has 2 nitrogen and oxygen atoms in total. The molecule has 0 radical (unpaired) electrons. The summed E-state index contributed by atoms with van der Waals surface area (Å²) in [6.45, 7) is 2.69. The molecule has 20 heavy (non-hydrogen) atoms. The highest BCUT2D eigenvalue weighted by Crippen LogP contribution is 2.30. The minimum Gasteiger partial charge on any atom is -0.494 e. The number of nitrogens with one attached hydrogen (secondary N) is 1. The molecule has 0 aliphatic heterocycles. The summed E-state index contributed by atoms with van der Waals surface area (Å²) in [6, 6.07) is 16.9. The minimum atomic E-state index is 0.233. The largest absolute Gasteiger partial charge is 0.494 e. The molecule has 106 valence electrons. The van der Waals surface area contributed by atoms with Gasteiger partial charge in [0.2, 0.25) is 0 Å². The van der Waals surface area contributed by atoms with Crippen molar-refractivity contribution in [2.45, 2.75) is 19.4 Å². The number of likely N-dealkylation sites (N-methyl/N-ethyl adjacent to an activating group) is 1. The first kappa shape index (κ1) is 15.1. The maximum Gasteiger partial charge on any atom is 0.124 e. The van der Waals surface area contributed by atoms with Gasteiger partial charge in [-0.3, -0.25) is 0 Å². The van der Waals surface area contributed by atoms with E-state index < -0.39 is 0 Å². The van der Waals surface area contributed by atoms with Crippen molar-refractivity contribution in [1.82, 2.24) is 5.32 Å². The maximum atomic E-state index is 5.75. The van der Waals surface area contributed by atoms with Crippen molar-refractivity contribution in [1.29, 1.82) is 0 Å². The van der Waals surface area contributed by atoms with Gasteiger partial charge in [0.25, 0.3) is 0 Å². The van der Waals surface area contributed by atoms with Gasteiger partial charge in [0.05, 0.1) is 6.61 Å². The molecule has 0 aliphatic carbocycles. The fourth-order valence-corrected chi connectivity index (χ4v) is 2.67. The van der Waals surface area contributed by atoms with Crippen molar-refractivity contribution >= 4 is 15.9 Å². The third-order valence-corrected chi connectivity index (χ3v) is 3.77. The Hall–Kier alpha value is -1.32. The normalized spacial score (nSPS) is 12.2. The summed E-state index contributed by atoms with van der Waals surface area (Å²) in [6.07, 6.45) is 0.938. The van der Waals surface area contributed by atoms with E-state index >= 15 is 0 Å². The average Bonchev–Trinajstić information content (AvgIpc) is 2.48. The number of benzene rings is 2. The van der Waals surface area contributed by atoms with Gasteiger partial charge < -0.3 is 10.1 Å². The first-order valence-corrected chi connectivity index (χ1v) is 7.67. The van der Waals surface area contributed by atoms with Gasteiger partial charge in [-0.25, -0.2) is 0 Å². The number of ether oxygens (including phenoxy) is 1. The van der Waals surface area contributed by atoms with Crippen molar-refractivity contribution < 1.29 is 4.74 Å². The Balaban J connectivity index is 2.28. The van der Waals surface area contributed by atoms with Gasteiger partial charge >= 0.3 is 0 Å². The highest BCUT2D eigenvalue weighted by atomic mass is 79.9. The van der Waals surface area contributed by atoms with E-state index in [0.29, 0.717) is 6.61 Å². The van der Waals surface area contributed by atoms with Crippen LogP contribution in [-0.4, -0.2) is 13.7 Å². The zero-order chi connectivity index (χ0) is 14.4. The molecule has 0 spiro atoms. The Morgan fingerprint density at radius 3 is 2.55 bits per heavy atom. The molecule has 0 aromatic heterocycles. The Labute approximate surface area is 129 Å². The zero-order valence-electron chi connectivity index (χ0n) is 11.9. The number of hydrogen-bond acceptors (Lipinski definition) is 2. The fourth-order valence-electron chi connectivity index (χ4n) is 2.30. The van der Waals surface area contributed by atoms with E-state index in [1.165, 1.54) is 11.1 Å². The molecule has 0 heterocycles. The molecule has 0 fully saturated rings. The first-order chi connectivity index (χ1) is 9.74. The van der Waals surface area contributed by atoms with E-state index in [-0.39, 0.29) is 6.04 Å². The number of hydrogen-bond donors (Lipinski definition) is 1. The SMILES string of the molecule is CCOc1ccc(Br)cc1C(Cc1ccccc1)NC. The minimum absolute atomic E-state index is 0.233. The van der Waals surface area contributed by atoms with Gasteiger partial charge in [0, 0.05) is 16.1 Å². The lowest BCUT2D eigenvalue weighted by Crippen LogP contribution is -2.20. The van der Waals surface area contributed by atoms with Gasteiger partial charge in [0.15, 0.2) is 0 Å². The third kappa shape index (κ3) is 3.84. The van der Waals surface area contributed by atoms with Gasteiger partial charge in [-0.2, -0.15) is 0 Å². The van der Waals surface area contributed by atoms with E-state index in [1.54, 1.807) is 0 Å². The summed E-state index contributed by atoms with van der Waals surface area (Å²) < 4.78 is 6.83. The molecule has 0 aliphatic rings. The van der Waals surface area contributed by atoms with Crippen LogP contribution in [0.5, 0.6) is 5.75 Å². The molecule has 3 heteroatoms. The van der Waals surface area contributed by atoms with Crippen molar-refractivity contribution in [3.05, 3.63) is 64.1 Å². The van der Waals surface area contributed by atoms with Crippen LogP contribution in [0, 0.1) is 0 Å². The summed E-state index contributed by atoms with van der Waals surface area (Å²) >= 11 is 3.55. The van der Waals surface area contributed by atoms with Crippen molar-refractivity contribution in [2.75, 3.05) is 13.7 Å². The molecule has 0 bridgehead atoms. The average molecular weight is 334 g/mol. The maximum absolute atomic E-state index is 5.75. The van der Waals surface area contributed by atoms with Crippen LogP contribution in [0.2, 0.25) is 0 Å². The van der Waals surface area contributed by atoms with Crippen LogP contribution in [-0.2, 0) is 6.42 Å². The van der Waals surface area contributed by atoms with E-state index in [1.807, 2.05) is 32.2 Å². The van der Waals surface area contributed by atoms with E-state index in [4.69, 9.17) is 4.74 Å². The fraction of sp³-hybridized carbons (Fsp3) is 0.294. The van der Waals surface area contributed by atoms with Crippen LogP contribution in [0.25, 0.3) is 0 Å². The molecule has 0 saturated carbocycles. The van der Waals surface area contributed by atoms with Crippen molar-refractivity contribution in [3.8, 4) is 5.75 Å². The molecule has 0 saturated heterocycles. The van der Waals surface area contributed by atoms with Gasteiger partial charge in [-0.15, -0.1) is 0 Å². The number of halogens is 1. The summed E-state index contributed by atoms with van der Waals surface area (Å²) in [7, 11) is 1.99. The highest BCUT2D eigenvalue weighted by Gasteiger charge is 2.15. The van der Waals surface area contributed by atoms with Crippen LogP contribution >= 0.6 is 15.9 Å². The molecular formula is C17H20BrNO. The second-order valence-corrected chi connectivity index (χ2v) is 5.56. The summed E-state index contributed by atoms with van der Waals surface area (Å²) in [5.41, 5.74) is 2.50. The molecule has 0 amide bonds. The topological polar surface area (TPSA) is 21.3 Å². The quantitative estimate of drug-likeness (QED) is 0.848. The standard InChI is InChI=1S/C17H20BrNO/c1-3-20-17-10-9-14(18)12-15(17)16(19-2)11-13-7-5-4-6-8-13/h4-10,12,16,19H,3,11H2,1-2H3. The van der Waals surface area contributed by atoms with Crippen molar-refractivity contribution in [3.63, 3.8) is 0 Å². The molecule has 1 unspecified atom stereocenters. The number of rotatable bonds is 6. The second-order valence-electron chi connectivity index (χ2n) is 4.65. The summed E-state index contributed by atoms with van der Waals surface area (Å²) in [5, 5.41) is 3.39. The third-order valence-electron chi connectivity index (χ3n) is 3.28. The van der Waals surface area contributed by atoms with Crippen LogP contribution in [0.4, 0.5) is 0 Å². The van der Waals surface area contributed by atoms with E-state index in [0.717, 1.165) is 16.6 Å². The molecule has 2 aromatic carbocycles. The molecule has 2 aromatic rings. The Morgan fingerprint density at radius 1 is 1.15 bits per heavy atom. The predicted molar refractivity (Wildman–Crippen MR) is 87.3 cm³/mol. The smallest absolute Gasteiger partial charge is 0.124 e. The lowest BCUT2D eigenvalue weighted by molar-refractivity contribution is 0.332. The lowest BCUT2D eigenvalue weighted by atomic mass is 9.98. The molecule has 2 rings (SSSR count). The summed E-state index contributed by atoms with van der Waals surface area (Å²) in [5.74, 6) is 0.950. The van der Waals surface area contributed by atoms with E-state index in [9.17, 15) is 0 Å².